The normalized spacial score (nSPS) is 11.8. The molecule has 0 saturated carbocycles. The largest absolute Gasteiger partial charge is 0.416 e. The summed E-state index contributed by atoms with van der Waals surface area (Å²) >= 11 is 1.16. The fourth-order valence-corrected chi connectivity index (χ4v) is 2.94. The molecule has 0 spiro atoms. The number of halogens is 3. The summed E-state index contributed by atoms with van der Waals surface area (Å²) in [4.78, 5) is 16.2. The Kier molecular flexibility index (Phi) is 4.36. The summed E-state index contributed by atoms with van der Waals surface area (Å²) in [5.41, 5.74) is 0.982. The Labute approximate surface area is 139 Å². The summed E-state index contributed by atoms with van der Waals surface area (Å²) < 4.78 is 42.7. The monoisotopic (exact) mass is 351 g/mol. The average molecular weight is 351 g/mol. The van der Waals surface area contributed by atoms with Crippen LogP contribution < -0.4 is 5.63 Å². The molecule has 3 nitrogen and oxygen atoms in total. The minimum Gasteiger partial charge on any atom is -0.397 e. The van der Waals surface area contributed by atoms with E-state index in [4.69, 9.17) is 4.42 Å². The molecular formula is C17H12F3NO2S. The third kappa shape index (κ3) is 3.62. The molecule has 0 fully saturated rings. The lowest BCUT2D eigenvalue weighted by molar-refractivity contribution is -0.137. The third-order valence-corrected chi connectivity index (χ3v) is 4.31. The zero-order chi connectivity index (χ0) is 17.3. The van der Waals surface area contributed by atoms with E-state index >= 15 is 0 Å². The summed E-state index contributed by atoms with van der Waals surface area (Å²) in [6.45, 7) is 1.87. The highest BCUT2D eigenvalue weighted by Gasteiger charge is 2.29. The first-order valence-corrected chi connectivity index (χ1v) is 8.02. The van der Waals surface area contributed by atoms with Gasteiger partial charge in [-0.1, -0.05) is 35.5 Å². The topological polar surface area (TPSA) is 43.1 Å². The van der Waals surface area contributed by atoms with Gasteiger partial charge in [-0.15, -0.1) is 0 Å². The van der Waals surface area contributed by atoms with Gasteiger partial charge in [0.05, 0.1) is 16.5 Å². The molecule has 0 radical (unpaired) electrons. The smallest absolute Gasteiger partial charge is 0.397 e. The van der Waals surface area contributed by atoms with Crippen molar-refractivity contribution in [2.24, 2.45) is 0 Å². The van der Waals surface area contributed by atoms with Crippen LogP contribution >= 0.6 is 11.8 Å². The number of hydrogen-bond acceptors (Lipinski definition) is 4. The first-order valence-electron chi connectivity index (χ1n) is 7.03. The molecule has 24 heavy (non-hydrogen) atoms. The van der Waals surface area contributed by atoms with Crippen molar-refractivity contribution in [2.75, 3.05) is 0 Å². The van der Waals surface area contributed by atoms with E-state index in [-0.39, 0.29) is 5.22 Å². The molecule has 7 heteroatoms. The first-order chi connectivity index (χ1) is 11.3. The number of rotatable bonds is 3. The Morgan fingerprint density at radius 2 is 1.83 bits per heavy atom. The third-order valence-electron chi connectivity index (χ3n) is 3.41. The number of fused-ring (bicyclic) bond motifs is 1. The predicted molar refractivity (Wildman–Crippen MR) is 86.0 cm³/mol. The Morgan fingerprint density at radius 3 is 2.50 bits per heavy atom. The highest BCUT2D eigenvalue weighted by Crippen LogP contribution is 2.30. The summed E-state index contributed by atoms with van der Waals surface area (Å²) in [7, 11) is 0. The van der Waals surface area contributed by atoms with Crippen molar-refractivity contribution in [3.05, 3.63) is 69.6 Å². The molecular weight excluding hydrogens is 339 g/mol. The first kappa shape index (κ1) is 16.6. The maximum Gasteiger partial charge on any atom is 0.416 e. The molecule has 1 aromatic heterocycles. The summed E-state index contributed by atoms with van der Waals surface area (Å²) in [5.74, 6) is 0.353. The van der Waals surface area contributed by atoms with Gasteiger partial charge < -0.3 is 4.42 Å². The van der Waals surface area contributed by atoms with Gasteiger partial charge >= 0.3 is 11.8 Å². The second-order valence-electron chi connectivity index (χ2n) is 5.27. The lowest BCUT2D eigenvalue weighted by Gasteiger charge is -2.07. The van der Waals surface area contributed by atoms with E-state index in [1.165, 1.54) is 12.1 Å². The lowest BCUT2D eigenvalue weighted by atomic mass is 10.1. The molecule has 0 amide bonds. The maximum atomic E-state index is 12.5. The Balaban J connectivity index is 1.78. The van der Waals surface area contributed by atoms with E-state index in [0.717, 1.165) is 29.5 Å². The molecule has 3 rings (SSSR count). The summed E-state index contributed by atoms with van der Waals surface area (Å²) in [6.07, 6.45) is -4.35. The molecule has 0 aliphatic heterocycles. The number of hydrogen-bond donors (Lipinski definition) is 0. The van der Waals surface area contributed by atoms with E-state index in [1.54, 1.807) is 12.1 Å². The molecule has 0 aliphatic carbocycles. The van der Waals surface area contributed by atoms with Crippen LogP contribution in [0.25, 0.3) is 10.9 Å². The van der Waals surface area contributed by atoms with E-state index in [1.807, 2.05) is 13.0 Å². The van der Waals surface area contributed by atoms with Crippen molar-refractivity contribution in [1.29, 1.82) is 0 Å². The predicted octanol–water partition coefficient (Wildman–Crippen LogP) is 4.81. The van der Waals surface area contributed by atoms with Gasteiger partial charge in [0.15, 0.2) is 0 Å². The van der Waals surface area contributed by atoms with Crippen molar-refractivity contribution in [3.8, 4) is 0 Å². The summed E-state index contributed by atoms with van der Waals surface area (Å²) in [6, 6.07) is 10.2. The zero-order valence-corrected chi connectivity index (χ0v) is 13.4. The molecule has 2 aromatic carbocycles. The quantitative estimate of drug-likeness (QED) is 0.635. The van der Waals surface area contributed by atoms with E-state index in [9.17, 15) is 18.0 Å². The second kappa shape index (κ2) is 6.32. The molecule has 0 unspecified atom stereocenters. The van der Waals surface area contributed by atoms with Crippen molar-refractivity contribution >= 4 is 22.7 Å². The van der Waals surface area contributed by atoms with E-state index in [0.29, 0.717) is 22.2 Å². The van der Waals surface area contributed by atoms with Gasteiger partial charge in [-0.05, 0) is 36.8 Å². The van der Waals surface area contributed by atoms with Gasteiger partial charge in [-0.2, -0.15) is 13.2 Å². The van der Waals surface area contributed by atoms with Crippen LogP contribution in [0.15, 0.2) is 56.9 Å². The number of nitrogens with zero attached hydrogens (tertiary/aromatic N) is 1. The van der Waals surface area contributed by atoms with Crippen molar-refractivity contribution in [1.82, 2.24) is 4.98 Å². The van der Waals surface area contributed by atoms with E-state index in [2.05, 4.69) is 4.98 Å². The minimum atomic E-state index is -4.35. The number of alkyl halides is 3. The maximum absolute atomic E-state index is 12.5. The van der Waals surface area contributed by atoms with Gasteiger partial charge in [0.1, 0.15) is 0 Å². The van der Waals surface area contributed by atoms with Gasteiger partial charge in [-0.25, -0.2) is 9.78 Å². The Morgan fingerprint density at radius 1 is 1.12 bits per heavy atom. The standard InChI is InChI=1S/C17H12F3NO2S/c1-10-2-7-14-13(8-10)15(22)23-16(21-14)24-9-11-3-5-12(6-4-11)17(18,19)20/h2-8H,9H2,1H3. The number of aryl methyl sites for hydroxylation is 1. The highest BCUT2D eigenvalue weighted by atomic mass is 32.2. The molecule has 124 valence electrons. The lowest BCUT2D eigenvalue weighted by Crippen LogP contribution is -2.04. The van der Waals surface area contributed by atoms with Crippen LogP contribution in [0.5, 0.6) is 0 Å². The number of aromatic nitrogens is 1. The number of benzene rings is 2. The van der Waals surface area contributed by atoms with Crippen LogP contribution in [0.1, 0.15) is 16.7 Å². The van der Waals surface area contributed by atoms with Gasteiger partial charge in [0.25, 0.3) is 5.22 Å². The van der Waals surface area contributed by atoms with Crippen molar-refractivity contribution in [3.63, 3.8) is 0 Å². The van der Waals surface area contributed by atoms with Crippen molar-refractivity contribution < 1.29 is 17.6 Å². The Bertz CT molecular complexity index is 933. The van der Waals surface area contributed by atoms with Crippen LogP contribution in [0, 0.1) is 6.92 Å². The van der Waals surface area contributed by atoms with Crippen LogP contribution in [-0.2, 0) is 11.9 Å². The molecule has 0 aliphatic rings. The van der Waals surface area contributed by atoms with Gasteiger partial charge in [-0.3, -0.25) is 0 Å². The fraction of sp³-hybridized carbons (Fsp3) is 0.176. The molecule has 0 bridgehead atoms. The Hall–Kier alpha value is -2.28. The van der Waals surface area contributed by atoms with E-state index < -0.39 is 17.4 Å². The van der Waals surface area contributed by atoms with Crippen LogP contribution in [0.4, 0.5) is 13.2 Å². The zero-order valence-electron chi connectivity index (χ0n) is 12.6. The van der Waals surface area contributed by atoms with Crippen LogP contribution in [0.2, 0.25) is 0 Å². The molecule has 1 heterocycles. The molecule has 0 N–H and O–H groups in total. The highest BCUT2D eigenvalue weighted by molar-refractivity contribution is 7.98. The molecule has 0 saturated heterocycles. The minimum absolute atomic E-state index is 0.191. The SMILES string of the molecule is Cc1ccc2nc(SCc3ccc(C(F)(F)F)cc3)oc(=O)c2c1. The second-order valence-corrected chi connectivity index (χ2v) is 6.20. The van der Waals surface area contributed by atoms with Gasteiger partial charge in [0.2, 0.25) is 0 Å². The molecule has 3 aromatic rings. The van der Waals surface area contributed by atoms with Crippen molar-refractivity contribution in [2.45, 2.75) is 24.1 Å². The molecule has 0 atom stereocenters. The average Bonchev–Trinajstić information content (AvgIpc) is 2.53. The van der Waals surface area contributed by atoms with Crippen LogP contribution in [0.3, 0.4) is 0 Å². The van der Waals surface area contributed by atoms with Gasteiger partial charge in [0, 0.05) is 5.75 Å². The summed E-state index contributed by atoms with van der Waals surface area (Å²) in [5, 5.41) is 0.602. The fourth-order valence-electron chi connectivity index (χ4n) is 2.16. The van der Waals surface area contributed by atoms with Crippen LogP contribution in [-0.4, -0.2) is 4.98 Å². The number of thioether (sulfide) groups is 1.